The average molecular weight is 450 g/mol. The van der Waals surface area contributed by atoms with Gasteiger partial charge in [0.05, 0.1) is 16.0 Å². The number of halogens is 3. The lowest BCUT2D eigenvalue weighted by atomic mass is 10.1. The van der Waals surface area contributed by atoms with Crippen molar-refractivity contribution in [2.75, 3.05) is 5.32 Å². The van der Waals surface area contributed by atoms with Gasteiger partial charge in [0.1, 0.15) is 15.3 Å². The number of hydrogen-bond donors (Lipinski definition) is 3. The van der Waals surface area contributed by atoms with Crippen LogP contribution in [0.5, 0.6) is 0 Å². The normalized spacial score (nSPS) is 13.3. The first-order chi connectivity index (χ1) is 13.2. The first-order valence-electron chi connectivity index (χ1n) is 8.10. The van der Waals surface area contributed by atoms with E-state index in [1.54, 1.807) is 13.8 Å². The van der Waals surface area contributed by atoms with E-state index in [0.29, 0.717) is 23.5 Å². The van der Waals surface area contributed by atoms with Gasteiger partial charge >= 0.3 is 6.18 Å². The van der Waals surface area contributed by atoms with Crippen LogP contribution in [0.3, 0.4) is 0 Å². The fourth-order valence-corrected chi connectivity index (χ4v) is 4.98. The van der Waals surface area contributed by atoms with Gasteiger partial charge in [-0.2, -0.15) is 13.2 Å². The van der Waals surface area contributed by atoms with Gasteiger partial charge in [-0.1, -0.05) is 13.8 Å². The number of nitrogens with one attached hydrogen (secondary N) is 1. The molecule has 158 valence electrons. The van der Waals surface area contributed by atoms with E-state index in [9.17, 15) is 36.3 Å². The molecule has 2 aromatic rings. The Balaban J connectivity index is 2.44. The topological polar surface area (TPSA) is 127 Å². The smallest absolute Gasteiger partial charge is 0.383 e. The van der Waals surface area contributed by atoms with Crippen LogP contribution in [0.4, 0.5) is 18.2 Å². The minimum absolute atomic E-state index is 0.187. The molecule has 0 radical (unpaired) electrons. The van der Waals surface area contributed by atoms with Crippen LogP contribution in [-0.4, -0.2) is 31.4 Å². The highest BCUT2D eigenvalue weighted by atomic mass is 32.2. The lowest BCUT2D eigenvalue weighted by Gasteiger charge is -2.13. The largest absolute Gasteiger partial charge is 0.416 e. The molecule has 7 nitrogen and oxygen atoms in total. The van der Waals surface area contributed by atoms with E-state index in [4.69, 9.17) is 5.73 Å². The number of rotatable bonds is 6. The second-order valence-electron chi connectivity index (χ2n) is 6.38. The van der Waals surface area contributed by atoms with Crippen molar-refractivity contribution in [3.8, 4) is 0 Å². The zero-order valence-electron chi connectivity index (χ0n) is 15.1. The van der Waals surface area contributed by atoms with Gasteiger partial charge in [-0.25, -0.2) is 8.42 Å². The lowest BCUT2D eigenvalue weighted by molar-refractivity contribution is -0.137. The number of sulfone groups is 1. The summed E-state index contributed by atoms with van der Waals surface area (Å²) >= 11 is 0.503. The number of primary amides is 1. The second-order valence-corrected chi connectivity index (χ2v) is 9.60. The van der Waals surface area contributed by atoms with Crippen molar-refractivity contribution in [3.63, 3.8) is 0 Å². The van der Waals surface area contributed by atoms with Crippen molar-refractivity contribution in [1.29, 1.82) is 0 Å². The standard InChI is InChI=1S/C17H17F3N2O5S2/c1-8(2)13(23)15(25)22-16-11(14(21)24)7-12(28-16)29(26,27)10-5-3-9(4-6-10)17(18,19)20/h3-8,13,23H,1-2H3,(H2,21,24)(H,22,25)/t13-/m0/s1. The molecule has 1 aromatic heterocycles. The van der Waals surface area contributed by atoms with Crippen LogP contribution in [0, 0.1) is 5.92 Å². The van der Waals surface area contributed by atoms with E-state index in [2.05, 4.69) is 5.32 Å². The molecular weight excluding hydrogens is 433 g/mol. The highest BCUT2D eigenvalue weighted by Gasteiger charge is 2.32. The highest BCUT2D eigenvalue weighted by Crippen LogP contribution is 2.36. The highest BCUT2D eigenvalue weighted by molar-refractivity contribution is 7.93. The monoisotopic (exact) mass is 450 g/mol. The molecule has 0 bridgehead atoms. The summed E-state index contributed by atoms with van der Waals surface area (Å²) in [6.45, 7) is 3.16. The number of anilines is 1. The number of carbonyl (C=O) groups excluding carboxylic acids is 2. The summed E-state index contributed by atoms with van der Waals surface area (Å²) in [5.41, 5.74) is 3.90. The van der Waals surface area contributed by atoms with Crippen molar-refractivity contribution < 1.29 is 36.3 Å². The maximum absolute atomic E-state index is 12.7. The molecule has 4 N–H and O–H groups in total. The minimum Gasteiger partial charge on any atom is -0.383 e. The van der Waals surface area contributed by atoms with E-state index in [1.807, 2.05) is 0 Å². The molecule has 0 aliphatic rings. The van der Waals surface area contributed by atoms with Crippen LogP contribution in [0.2, 0.25) is 0 Å². The summed E-state index contributed by atoms with van der Waals surface area (Å²) in [6.07, 6.45) is -6.04. The van der Waals surface area contributed by atoms with Crippen LogP contribution in [0.15, 0.2) is 39.4 Å². The predicted molar refractivity (Wildman–Crippen MR) is 99.2 cm³/mol. The summed E-state index contributed by atoms with van der Waals surface area (Å²) in [5.74, 6) is -2.32. The Morgan fingerprint density at radius 2 is 1.72 bits per heavy atom. The number of aliphatic hydroxyl groups excluding tert-OH is 1. The molecule has 0 aliphatic carbocycles. The van der Waals surface area contributed by atoms with E-state index in [0.717, 1.165) is 18.2 Å². The van der Waals surface area contributed by atoms with Gasteiger partial charge in [0.2, 0.25) is 9.84 Å². The molecule has 0 spiro atoms. The Kier molecular flexibility index (Phi) is 6.40. The molecule has 0 saturated carbocycles. The maximum atomic E-state index is 12.7. The molecule has 1 aromatic carbocycles. The van der Waals surface area contributed by atoms with Crippen LogP contribution in [-0.2, 0) is 20.8 Å². The third kappa shape index (κ3) is 4.95. The molecule has 1 heterocycles. The summed E-state index contributed by atoms with van der Waals surface area (Å²) in [7, 11) is -4.28. The number of hydrogen-bond acceptors (Lipinski definition) is 6. The quantitative estimate of drug-likeness (QED) is 0.624. The number of benzene rings is 1. The summed E-state index contributed by atoms with van der Waals surface area (Å²) in [5, 5.41) is 11.9. The minimum atomic E-state index is -4.63. The van der Waals surface area contributed by atoms with Gasteiger partial charge in [0.15, 0.2) is 0 Å². The predicted octanol–water partition coefficient (Wildman–Crippen LogP) is 2.65. The fourth-order valence-electron chi connectivity index (χ4n) is 2.20. The summed E-state index contributed by atoms with van der Waals surface area (Å²) in [6, 6.07) is 3.76. The molecule has 0 aliphatic heterocycles. The number of aliphatic hydroxyl groups is 1. The molecule has 12 heteroatoms. The first kappa shape index (κ1) is 22.8. The summed E-state index contributed by atoms with van der Waals surface area (Å²) in [4.78, 5) is 23.2. The zero-order chi connectivity index (χ0) is 22.1. The Hall–Kier alpha value is -2.44. The molecule has 0 fully saturated rings. The number of carbonyl (C=O) groups is 2. The molecule has 2 amide bonds. The molecule has 0 unspecified atom stereocenters. The van der Waals surface area contributed by atoms with Gasteiger partial charge in [0, 0.05) is 0 Å². The maximum Gasteiger partial charge on any atom is 0.416 e. The van der Waals surface area contributed by atoms with E-state index in [1.165, 1.54) is 0 Å². The average Bonchev–Trinajstić information content (AvgIpc) is 3.05. The van der Waals surface area contributed by atoms with Gasteiger partial charge < -0.3 is 16.2 Å². The molecule has 1 atom stereocenters. The Morgan fingerprint density at radius 1 is 1.17 bits per heavy atom. The number of amides is 2. The van der Waals surface area contributed by atoms with Crippen LogP contribution in [0.25, 0.3) is 0 Å². The SMILES string of the molecule is CC(C)[C@H](O)C(=O)Nc1sc(S(=O)(=O)c2ccc(C(F)(F)F)cc2)cc1C(N)=O. The first-order valence-corrected chi connectivity index (χ1v) is 10.4. The van der Waals surface area contributed by atoms with Crippen molar-refractivity contribution >= 4 is 38.0 Å². The van der Waals surface area contributed by atoms with Crippen LogP contribution < -0.4 is 11.1 Å². The third-order valence-corrected chi connectivity index (χ3v) is 7.16. The Bertz CT molecular complexity index is 1030. The van der Waals surface area contributed by atoms with E-state index >= 15 is 0 Å². The fraction of sp³-hybridized carbons (Fsp3) is 0.294. The van der Waals surface area contributed by atoms with Gasteiger partial charge in [-0.15, -0.1) is 11.3 Å². The van der Waals surface area contributed by atoms with Gasteiger partial charge in [0.25, 0.3) is 11.8 Å². The van der Waals surface area contributed by atoms with Crippen molar-refractivity contribution in [1.82, 2.24) is 0 Å². The van der Waals surface area contributed by atoms with E-state index in [-0.39, 0.29) is 10.6 Å². The molecular formula is C17H17F3N2O5S2. The van der Waals surface area contributed by atoms with Crippen molar-refractivity contribution in [2.45, 2.75) is 35.2 Å². The van der Waals surface area contributed by atoms with E-state index < -0.39 is 54.5 Å². The van der Waals surface area contributed by atoms with Gasteiger partial charge in [-0.05, 0) is 36.2 Å². The van der Waals surface area contributed by atoms with Crippen LogP contribution in [0.1, 0.15) is 29.8 Å². The van der Waals surface area contributed by atoms with Crippen LogP contribution >= 0.6 is 11.3 Å². The molecule has 0 saturated heterocycles. The number of nitrogens with two attached hydrogens (primary N) is 1. The van der Waals surface area contributed by atoms with Crippen molar-refractivity contribution in [3.05, 3.63) is 41.5 Å². The Morgan fingerprint density at radius 3 is 2.17 bits per heavy atom. The second kappa shape index (κ2) is 8.13. The summed E-state index contributed by atoms with van der Waals surface area (Å²) < 4.78 is 63.1. The zero-order valence-corrected chi connectivity index (χ0v) is 16.8. The lowest BCUT2D eigenvalue weighted by Crippen LogP contribution is -2.32. The molecule has 2 rings (SSSR count). The van der Waals surface area contributed by atoms with Crippen molar-refractivity contribution in [2.24, 2.45) is 11.7 Å². The number of alkyl halides is 3. The Labute approximate surface area is 168 Å². The third-order valence-electron chi connectivity index (χ3n) is 3.87. The number of thiophene rings is 1. The molecule has 29 heavy (non-hydrogen) atoms. The van der Waals surface area contributed by atoms with Gasteiger partial charge in [-0.3, -0.25) is 9.59 Å².